The largest absolute Gasteiger partial charge is 0.370 e. The SMILES string of the molecule is O=P(O)(O)C(O)(CN1CCCC1)P(=O)(O)O. The summed E-state index contributed by atoms with van der Waals surface area (Å²) in [6.07, 6.45) is 1.55. The molecule has 96 valence electrons. The molecule has 1 aliphatic heterocycles. The second-order valence-corrected chi connectivity index (χ2v) is 7.85. The molecule has 1 aliphatic rings. The molecule has 0 saturated carbocycles. The van der Waals surface area contributed by atoms with Gasteiger partial charge in [-0.05, 0) is 25.9 Å². The first kappa shape index (κ1) is 14.3. The summed E-state index contributed by atoms with van der Waals surface area (Å²) in [6, 6.07) is 0. The Hall–Kier alpha value is 0.220. The van der Waals surface area contributed by atoms with Crippen molar-refractivity contribution in [1.82, 2.24) is 4.90 Å². The van der Waals surface area contributed by atoms with Gasteiger partial charge in [-0.25, -0.2) is 0 Å². The van der Waals surface area contributed by atoms with Crippen LogP contribution in [0.1, 0.15) is 12.8 Å². The van der Waals surface area contributed by atoms with E-state index in [1.54, 1.807) is 0 Å². The summed E-state index contributed by atoms with van der Waals surface area (Å²) in [6.45, 7) is 0.201. The monoisotopic (exact) mass is 275 g/mol. The van der Waals surface area contributed by atoms with Gasteiger partial charge >= 0.3 is 15.2 Å². The number of aliphatic hydroxyl groups is 1. The molecule has 1 heterocycles. The van der Waals surface area contributed by atoms with E-state index in [0.717, 1.165) is 12.8 Å². The lowest BCUT2D eigenvalue weighted by Gasteiger charge is -2.32. The standard InChI is InChI=1S/C6H15NO7P2/c8-6(15(9,10)11,16(12,13)14)5-7-3-1-2-4-7/h8H,1-5H2,(H2,9,10,11)(H2,12,13,14). The van der Waals surface area contributed by atoms with Gasteiger partial charge in [0.1, 0.15) is 0 Å². The highest BCUT2D eigenvalue weighted by Gasteiger charge is 2.60. The predicted octanol–water partition coefficient (Wildman–Crippen LogP) is -0.916. The van der Waals surface area contributed by atoms with Crippen LogP contribution in [0, 0.1) is 0 Å². The van der Waals surface area contributed by atoms with Gasteiger partial charge in [-0.1, -0.05) is 0 Å². The summed E-state index contributed by atoms with van der Waals surface area (Å²) >= 11 is 0. The topological polar surface area (TPSA) is 139 Å². The number of hydrogen-bond acceptors (Lipinski definition) is 4. The van der Waals surface area contributed by atoms with Crippen LogP contribution in [0.15, 0.2) is 0 Å². The van der Waals surface area contributed by atoms with Gasteiger partial charge in [0.25, 0.3) is 5.08 Å². The molecular weight excluding hydrogens is 260 g/mol. The molecule has 8 nitrogen and oxygen atoms in total. The van der Waals surface area contributed by atoms with Gasteiger partial charge in [0, 0.05) is 0 Å². The van der Waals surface area contributed by atoms with E-state index >= 15 is 0 Å². The zero-order chi connectivity index (χ0) is 12.6. The number of rotatable bonds is 4. The molecule has 0 amide bonds. The first-order valence-corrected chi connectivity index (χ1v) is 7.86. The van der Waals surface area contributed by atoms with Crippen LogP contribution in [0.3, 0.4) is 0 Å². The molecule has 0 aromatic rings. The fourth-order valence-corrected chi connectivity index (χ4v) is 3.72. The number of hydrogen-bond donors (Lipinski definition) is 5. The van der Waals surface area contributed by atoms with E-state index in [4.69, 9.17) is 19.6 Å². The van der Waals surface area contributed by atoms with E-state index in [1.807, 2.05) is 0 Å². The molecule has 0 spiro atoms. The lowest BCUT2D eigenvalue weighted by atomic mass is 10.4. The maximum atomic E-state index is 11.0. The first-order chi connectivity index (χ1) is 7.08. The van der Waals surface area contributed by atoms with Crippen molar-refractivity contribution in [3.05, 3.63) is 0 Å². The highest BCUT2D eigenvalue weighted by molar-refractivity contribution is 7.72. The molecular formula is C6H15NO7P2. The van der Waals surface area contributed by atoms with Crippen molar-refractivity contribution in [3.8, 4) is 0 Å². The second kappa shape index (κ2) is 4.48. The van der Waals surface area contributed by atoms with Gasteiger partial charge in [-0.15, -0.1) is 0 Å². The van der Waals surface area contributed by atoms with Crippen LogP contribution in [0.4, 0.5) is 0 Å². The summed E-state index contributed by atoms with van der Waals surface area (Å²) < 4.78 is 22.0. The van der Waals surface area contributed by atoms with Crippen LogP contribution in [-0.2, 0) is 9.13 Å². The maximum absolute atomic E-state index is 11.0. The molecule has 0 aromatic heterocycles. The molecule has 1 saturated heterocycles. The van der Waals surface area contributed by atoms with E-state index in [-0.39, 0.29) is 0 Å². The lowest BCUT2D eigenvalue weighted by molar-refractivity contribution is 0.0956. The Balaban J connectivity index is 2.96. The van der Waals surface area contributed by atoms with Crippen LogP contribution in [0.5, 0.6) is 0 Å². The van der Waals surface area contributed by atoms with E-state index in [9.17, 15) is 14.2 Å². The molecule has 16 heavy (non-hydrogen) atoms. The molecule has 0 bridgehead atoms. The number of likely N-dealkylation sites (tertiary alicyclic amines) is 1. The summed E-state index contributed by atoms with van der Waals surface area (Å²) in [5.41, 5.74) is 0. The normalized spacial score (nSPS) is 20.3. The Kier molecular flexibility index (Phi) is 4.00. The third-order valence-corrected chi connectivity index (χ3v) is 6.28. The Bertz CT molecular complexity index is 319. The fourth-order valence-electron chi connectivity index (χ4n) is 1.59. The van der Waals surface area contributed by atoms with Crippen LogP contribution < -0.4 is 0 Å². The minimum atomic E-state index is -5.31. The average Bonchev–Trinajstić information content (AvgIpc) is 2.52. The Morgan fingerprint density at radius 3 is 1.69 bits per heavy atom. The minimum Gasteiger partial charge on any atom is -0.367 e. The third kappa shape index (κ3) is 2.72. The molecule has 0 radical (unpaired) electrons. The Morgan fingerprint density at radius 2 is 1.38 bits per heavy atom. The smallest absolute Gasteiger partial charge is 0.367 e. The van der Waals surface area contributed by atoms with Crippen molar-refractivity contribution < 1.29 is 33.8 Å². The van der Waals surface area contributed by atoms with Gasteiger partial charge < -0.3 is 24.7 Å². The van der Waals surface area contributed by atoms with Crippen LogP contribution in [-0.4, -0.2) is 54.3 Å². The van der Waals surface area contributed by atoms with Crippen LogP contribution >= 0.6 is 15.2 Å². The van der Waals surface area contributed by atoms with Gasteiger partial charge in [0.15, 0.2) is 0 Å². The quantitative estimate of drug-likeness (QED) is 0.415. The molecule has 10 heteroatoms. The second-order valence-electron chi connectivity index (χ2n) is 3.85. The number of nitrogens with zero attached hydrogens (tertiary/aromatic N) is 1. The zero-order valence-electron chi connectivity index (χ0n) is 8.43. The molecule has 0 aromatic carbocycles. The lowest BCUT2D eigenvalue weighted by Crippen LogP contribution is -2.41. The molecule has 0 unspecified atom stereocenters. The summed E-state index contributed by atoms with van der Waals surface area (Å²) in [5.74, 6) is 0. The highest BCUT2D eigenvalue weighted by atomic mass is 31.2. The van der Waals surface area contributed by atoms with E-state index in [0.29, 0.717) is 13.1 Å². The van der Waals surface area contributed by atoms with Crippen molar-refractivity contribution >= 4 is 15.2 Å². The summed E-state index contributed by atoms with van der Waals surface area (Å²) in [4.78, 5) is 36.9. The molecule has 0 aliphatic carbocycles. The maximum Gasteiger partial charge on any atom is 0.370 e. The summed E-state index contributed by atoms with van der Waals surface area (Å²) in [7, 11) is -10.6. The van der Waals surface area contributed by atoms with E-state index in [1.165, 1.54) is 4.90 Å². The van der Waals surface area contributed by atoms with Crippen molar-refractivity contribution in [1.29, 1.82) is 0 Å². The Morgan fingerprint density at radius 1 is 1.00 bits per heavy atom. The molecule has 1 rings (SSSR count). The van der Waals surface area contributed by atoms with Crippen molar-refractivity contribution in [2.45, 2.75) is 17.9 Å². The van der Waals surface area contributed by atoms with Gasteiger partial charge in [0.05, 0.1) is 6.54 Å². The van der Waals surface area contributed by atoms with Crippen molar-refractivity contribution in [2.24, 2.45) is 0 Å². The first-order valence-electron chi connectivity index (χ1n) is 4.64. The molecule has 0 atom stereocenters. The molecule has 5 N–H and O–H groups in total. The summed E-state index contributed by atoms with van der Waals surface area (Å²) in [5, 5.41) is 6.28. The van der Waals surface area contributed by atoms with Gasteiger partial charge in [0.2, 0.25) is 0 Å². The average molecular weight is 275 g/mol. The molecule has 1 fully saturated rings. The van der Waals surface area contributed by atoms with Gasteiger partial charge in [-0.2, -0.15) is 0 Å². The van der Waals surface area contributed by atoms with Gasteiger partial charge in [-0.3, -0.25) is 14.0 Å². The third-order valence-electron chi connectivity index (χ3n) is 2.57. The van der Waals surface area contributed by atoms with Crippen LogP contribution in [0.2, 0.25) is 0 Å². The predicted molar refractivity (Wildman–Crippen MR) is 54.7 cm³/mol. The fraction of sp³-hybridized carbons (Fsp3) is 1.00. The van der Waals surface area contributed by atoms with Crippen LogP contribution in [0.25, 0.3) is 0 Å². The Labute approximate surface area is 92.2 Å². The van der Waals surface area contributed by atoms with E-state index in [2.05, 4.69) is 0 Å². The van der Waals surface area contributed by atoms with Crippen molar-refractivity contribution in [2.75, 3.05) is 19.6 Å². The minimum absolute atomic E-state index is 0.461. The van der Waals surface area contributed by atoms with Crippen molar-refractivity contribution in [3.63, 3.8) is 0 Å². The van der Waals surface area contributed by atoms with E-state index < -0.39 is 26.8 Å². The highest BCUT2D eigenvalue weighted by Crippen LogP contribution is 2.67. The number of β-amino-alcohol motifs (C(OH)–C–C–N with tert-alkyl or cyclic N) is 1. The zero-order valence-corrected chi connectivity index (χ0v) is 10.2.